The SMILES string of the molecule is CCOc1c(Br)cc(C(=O)NC2CCNCC2C)cc1OC. The number of benzene rings is 1. The van der Waals surface area contributed by atoms with Crippen LogP contribution in [0.3, 0.4) is 0 Å². The van der Waals surface area contributed by atoms with Gasteiger partial charge in [-0.15, -0.1) is 0 Å². The summed E-state index contributed by atoms with van der Waals surface area (Å²) in [5.74, 6) is 1.52. The molecule has 1 amide bonds. The van der Waals surface area contributed by atoms with Gasteiger partial charge in [-0.25, -0.2) is 0 Å². The molecule has 0 radical (unpaired) electrons. The van der Waals surface area contributed by atoms with E-state index in [1.54, 1.807) is 19.2 Å². The zero-order valence-corrected chi connectivity index (χ0v) is 14.8. The average molecular weight is 371 g/mol. The van der Waals surface area contributed by atoms with Crippen molar-refractivity contribution >= 4 is 21.8 Å². The normalized spacial score (nSPS) is 21.3. The fourth-order valence-electron chi connectivity index (χ4n) is 2.62. The topological polar surface area (TPSA) is 59.6 Å². The molecule has 1 aliphatic rings. The van der Waals surface area contributed by atoms with E-state index in [4.69, 9.17) is 9.47 Å². The molecule has 2 rings (SSSR count). The van der Waals surface area contributed by atoms with Crippen molar-refractivity contribution in [3.63, 3.8) is 0 Å². The molecule has 0 bridgehead atoms. The molecular formula is C16H23BrN2O3. The van der Waals surface area contributed by atoms with Crippen LogP contribution in [0.4, 0.5) is 0 Å². The van der Waals surface area contributed by atoms with Crippen LogP contribution >= 0.6 is 15.9 Å². The molecule has 0 aromatic heterocycles. The van der Waals surface area contributed by atoms with Crippen LogP contribution in [0.1, 0.15) is 30.6 Å². The Hall–Kier alpha value is -1.27. The van der Waals surface area contributed by atoms with Crippen LogP contribution in [0.15, 0.2) is 16.6 Å². The second kappa shape index (κ2) is 7.83. The summed E-state index contributed by atoms with van der Waals surface area (Å²) in [5.41, 5.74) is 0.568. The van der Waals surface area contributed by atoms with Crippen molar-refractivity contribution in [2.75, 3.05) is 26.8 Å². The molecule has 1 fully saturated rings. The lowest BCUT2D eigenvalue weighted by molar-refractivity contribution is 0.0913. The molecule has 1 aromatic rings. The smallest absolute Gasteiger partial charge is 0.251 e. The molecule has 122 valence electrons. The lowest BCUT2D eigenvalue weighted by atomic mass is 9.95. The molecule has 0 saturated carbocycles. The Morgan fingerprint density at radius 3 is 2.91 bits per heavy atom. The van der Waals surface area contributed by atoms with E-state index in [0.29, 0.717) is 29.6 Å². The van der Waals surface area contributed by atoms with Gasteiger partial charge in [0, 0.05) is 11.6 Å². The molecule has 2 unspecified atom stereocenters. The van der Waals surface area contributed by atoms with Crippen LogP contribution in [0.25, 0.3) is 0 Å². The zero-order valence-electron chi connectivity index (χ0n) is 13.2. The molecular weight excluding hydrogens is 348 g/mol. The second-order valence-corrected chi connectivity index (χ2v) is 6.33. The van der Waals surface area contributed by atoms with E-state index in [0.717, 1.165) is 24.0 Å². The predicted molar refractivity (Wildman–Crippen MR) is 89.8 cm³/mol. The van der Waals surface area contributed by atoms with E-state index in [1.807, 2.05) is 6.92 Å². The van der Waals surface area contributed by atoms with Crippen molar-refractivity contribution in [2.24, 2.45) is 5.92 Å². The summed E-state index contributed by atoms with van der Waals surface area (Å²) >= 11 is 3.45. The number of amides is 1. The molecule has 22 heavy (non-hydrogen) atoms. The number of methoxy groups -OCH3 is 1. The van der Waals surface area contributed by atoms with Crippen molar-refractivity contribution in [1.82, 2.24) is 10.6 Å². The number of carbonyl (C=O) groups is 1. The maximum Gasteiger partial charge on any atom is 0.251 e. The largest absolute Gasteiger partial charge is 0.493 e. The first kappa shape index (κ1) is 17.1. The third-order valence-electron chi connectivity index (χ3n) is 3.88. The molecule has 0 spiro atoms. The Morgan fingerprint density at radius 1 is 1.50 bits per heavy atom. The van der Waals surface area contributed by atoms with Gasteiger partial charge in [0.15, 0.2) is 11.5 Å². The Bertz CT molecular complexity index is 536. The summed E-state index contributed by atoms with van der Waals surface area (Å²) in [7, 11) is 1.57. The van der Waals surface area contributed by atoms with Crippen LogP contribution in [0, 0.1) is 5.92 Å². The Kier molecular flexibility index (Phi) is 6.08. The quantitative estimate of drug-likeness (QED) is 0.836. The maximum absolute atomic E-state index is 12.5. The summed E-state index contributed by atoms with van der Waals surface area (Å²) < 4.78 is 11.6. The van der Waals surface area contributed by atoms with E-state index in [9.17, 15) is 4.79 Å². The summed E-state index contributed by atoms with van der Waals surface area (Å²) in [6.07, 6.45) is 0.947. The highest BCUT2D eigenvalue weighted by Gasteiger charge is 2.24. The van der Waals surface area contributed by atoms with E-state index in [2.05, 4.69) is 33.5 Å². The minimum absolute atomic E-state index is 0.0826. The minimum atomic E-state index is -0.0826. The van der Waals surface area contributed by atoms with Gasteiger partial charge in [-0.05, 0) is 60.4 Å². The monoisotopic (exact) mass is 370 g/mol. The highest BCUT2D eigenvalue weighted by atomic mass is 79.9. The fraction of sp³-hybridized carbons (Fsp3) is 0.562. The van der Waals surface area contributed by atoms with Crippen molar-refractivity contribution in [1.29, 1.82) is 0 Å². The fourth-order valence-corrected chi connectivity index (χ4v) is 3.17. The number of nitrogens with one attached hydrogen (secondary N) is 2. The Balaban J connectivity index is 2.17. The van der Waals surface area contributed by atoms with Gasteiger partial charge in [-0.2, -0.15) is 0 Å². The summed E-state index contributed by atoms with van der Waals surface area (Å²) in [5, 5.41) is 6.45. The number of hydrogen-bond donors (Lipinski definition) is 2. The molecule has 0 aliphatic carbocycles. The van der Waals surface area contributed by atoms with Crippen LogP contribution in [-0.4, -0.2) is 38.8 Å². The summed E-state index contributed by atoms with van der Waals surface area (Å²) in [6, 6.07) is 3.69. The lowest BCUT2D eigenvalue weighted by Crippen LogP contribution is -2.48. The van der Waals surface area contributed by atoms with Crippen LogP contribution in [0.2, 0.25) is 0 Å². The van der Waals surface area contributed by atoms with Gasteiger partial charge in [0.2, 0.25) is 0 Å². The first-order valence-corrected chi connectivity index (χ1v) is 8.38. The van der Waals surface area contributed by atoms with E-state index >= 15 is 0 Å². The minimum Gasteiger partial charge on any atom is -0.493 e. The highest BCUT2D eigenvalue weighted by molar-refractivity contribution is 9.10. The van der Waals surface area contributed by atoms with Crippen LogP contribution in [-0.2, 0) is 0 Å². The van der Waals surface area contributed by atoms with Crippen LogP contribution < -0.4 is 20.1 Å². The molecule has 1 saturated heterocycles. The molecule has 1 heterocycles. The average Bonchev–Trinajstić information content (AvgIpc) is 2.51. The first-order valence-electron chi connectivity index (χ1n) is 7.58. The number of rotatable bonds is 5. The Morgan fingerprint density at radius 2 is 2.27 bits per heavy atom. The van der Waals surface area contributed by atoms with Gasteiger partial charge in [-0.1, -0.05) is 6.92 Å². The van der Waals surface area contributed by atoms with Gasteiger partial charge < -0.3 is 20.1 Å². The molecule has 6 heteroatoms. The van der Waals surface area contributed by atoms with E-state index < -0.39 is 0 Å². The number of carbonyl (C=O) groups excluding carboxylic acids is 1. The van der Waals surface area contributed by atoms with Crippen molar-refractivity contribution in [2.45, 2.75) is 26.3 Å². The second-order valence-electron chi connectivity index (χ2n) is 5.47. The predicted octanol–water partition coefficient (Wildman–Crippen LogP) is 2.58. The van der Waals surface area contributed by atoms with Gasteiger partial charge in [0.05, 0.1) is 18.2 Å². The van der Waals surface area contributed by atoms with Gasteiger partial charge in [0.25, 0.3) is 5.91 Å². The third-order valence-corrected chi connectivity index (χ3v) is 4.47. The van der Waals surface area contributed by atoms with Crippen LogP contribution in [0.5, 0.6) is 11.5 Å². The molecule has 2 N–H and O–H groups in total. The first-order chi connectivity index (χ1) is 10.6. The number of halogens is 1. The van der Waals surface area contributed by atoms with Gasteiger partial charge >= 0.3 is 0 Å². The van der Waals surface area contributed by atoms with E-state index in [1.165, 1.54) is 0 Å². The van der Waals surface area contributed by atoms with Crippen molar-refractivity contribution < 1.29 is 14.3 Å². The number of hydrogen-bond acceptors (Lipinski definition) is 4. The van der Waals surface area contributed by atoms with Gasteiger partial charge in [0.1, 0.15) is 0 Å². The number of piperidine rings is 1. The Labute approximate surface area is 139 Å². The molecule has 1 aliphatic heterocycles. The third kappa shape index (κ3) is 3.93. The molecule has 2 atom stereocenters. The highest BCUT2D eigenvalue weighted by Crippen LogP contribution is 2.36. The van der Waals surface area contributed by atoms with Crippen molar-refractivity contribution in [3.05, 3.63) is 22.2 Å². The molecule has 5 nitrogen and oxygen atoms in total. The lowest BCUT2D eigenvalue weighted by Gasteiger charge is -2.30. The summed E-state index contributed by atoms with van der Waals surface area (Å²) in [6.45, 7) is 6.46. The zero-order chi connectivity index (χ0) is 16.1. The maximum atomic E-state index is 12.5. The summed E-state index contributed by atoms with van der Waals surface area (Å²) in [4.78, 5) is 12.5. The standard InChI is InChI=1S/C16H23BrN2O3/c1-4-22-15-12(17)7-11(8-14(15)21-3)16(20)19-13-5-6-18-9-10(13)2/h7-8,10,13,18H,4-6,9H2,1-3H3,(H,19,20). The van der Waals surface area contributed by atoms with Crippen molar-refractivity contribution in [3.8, 4) is 11.5 Å². The van der Waals surface area contributed by atoms with E-state index in [-0.39, 0.29) is 11.9 Å². The number of ether oxygens (including phenoxy) is 2. The molecule has 1 aromatic carbocycles. The van der Waals surface area contributed by atoms with Gasteiger partial charge in [-0.3, -0.25) is 4.79 Å².